The third-order valence-corrected chi connectivity index (χ3v) is 3.43. The summed E-state index contributed by atoms with van der Waals surface area (Å²) in [5.74, 6) is 0. The van der Waals surface area contributed by atoms with E-state index in [1.165, 1.54) is 10.9 Å². The SMILES string of the molecule is CCn1cc(C(C)NC)c2cccc(Cl)c21. The normalized spacial score (nSPS) is 13.2. The molecule has 1 unspecified atom stereocenters. The Bertz CT molecular complexity index is 502. The maximum atomic E-state index is 6.26. The number of fused-ring (bicyclic) bond motifs is 1. The van der Waals surface area contributed by atoms with E-state index in [1.54, 1.807) is 0 Å². The second-order valence-electron chi connectivity index (χ2n) is 4.02. The Balaban J connectivity index is 2.73. The van der Waals surface area contributed by atoms with E-state index in [2.05, 4.69) is 36.0 Å². The third kappa shape index (κ3) is 1.72. The summed E-state index contributed by atoms with van der Waals surface area (Å²) in [4.78, 5) is 0. The second-order valence-corrected chi connectivity index (χ2v) is 4.42. The van der Waals surface area contributed by atoms with E-state index in [9.17, 15) is 0 Å². The fourth-order valence-corrected chi connectivity index (χ4v) is 2.38. The molecule has 2 rings (SSSR count). The molecule has 3 heteroatoms. The fraction of sp³-hybridized carbons (Fsp3) is 0.385. The molecule has 0 fully saturated rings. The Morgan fingerprint density at radius 3 is 2.81 bits per heavy atom. The summed E-state index contributed by atoms with van der Waals surface area (Å²) < 4.78 is 2.21. The lowest BCUT2D eigenvalue weighted by molar-refractivity contribution is 0.651. The molecule has 0 radical (unpaired) electrons. The van der Waals surface area contributed by atoms with Crippen molar-refractivity contribution >= 4 is 22.5 Å². The van der Waals surface area contributed by atoms with Crippen LogP contribution in [0.15, 0.2) is 24.4 Å². The molecule has 1 aromatic carbocycles. The van der Waals surface area contributed by atoms with E-state index < -0.39 is 0 Å². The van der Waals surface area contributed by atoms with E-state index in [0.717, 1.165) is 17.1 Å². The standard InChI is InChI=1S/C13H17ClN2/c1-4-16-8-11(9(2)15-3)10-6-5-7-12(14)13(10)16/h5-9,15H,4H2,1-3H3. The van der Waals surface area contributed by atoms with Crippen molar-refractivity contribution in [3.05, 3.63) is 35.0 Å². The summed E-state index contributed by atoms with van der Waals surface area (Å²) in [5.41, 5.74) is 2.45. The van der Waals surface area contributed by atoms with Gasteiger partial charge in [-0.2, -0.15) is 0 Å². The lowest BCUT2D eigenvalue weighted by Crippen LogP contribution is -2.11. The molecule has 1 atom stereocenters. The summed E-state index contributed by atoms with van der Waals surface area (Å²) in [5, 5.41) is 5.35. The zero-order chi connectivity index (χ0) is 11.7. The van der Waals surface area contributed by atoms with Gasteiger partial charge in [0.1, 0.15) is 0 Å². The van der Waals surface area contributed by atoms with Gasteiger partial charge in [0.05, 0.1) is 10.5 Å². The molecule has 1 aromatic heterocycles. The van der Waals surface area contributed by atoms with Gasteiger partial charge in [0.15, 0.2) is 0 Å². The number of hydrogen-bond donors (Lipinski definition) is 1. The van der Waals surface area contributed by atoms with Crippen LogP contribution in [-0.2, 0) is 6.54 Å². The second kappa shape index (κ2) is 4.48. The van der Waals surface area contributed by atoms with Crippen LogP contribution in [0, 0.1) is 0 Å². The van der Waals surface area contributed by atoms with Crippen LogP contribution >= 0.6 is 11.6 Å². The van der Waals surface area contributed by atoms with E-state index in [1.807, 2.05) is 19.2 Å². The number of nitrogens with one attached hydrogen (secondary N) is 1. The van der Waals surface area contributed by atoms with Gasteiger partial charge in [0, 0.05) is 24.2 Å². The van der Waals surface area contributed by atoms with Gasteiger partial charge in [0.2, 0.25) is 0 Å². The quantitative estimate of drug-likeness (QED) is 0.862. The van der Waals surface area contributed by atoms with Gasteiger partial charge in [-0.1, -0.05) is 23.7 Å². The molecule has 0 bridgehead atoms. The first kappa shape index (κ1) is 11.5. The highest BCUT2D eigenvalue weighted by molar-refractivity contribution is 6.35. The molecule has 2 nitrogen and oxygen atoms in total. The first-order valence-corrected chi connectivity index (χ1v) is 6.01. The number of halogens is 1. The van der Waals surface area contributed by atoms with Gasteiger partial charge < -0.3 is 9.88 Å². The molecule has 1 N–H and O–H groups in total. The van der Waals surface area contributed by atoms with Crippen LogP contribution in [0.4, 0.5) is 0 Å². The van der Waals surface area contributed by atoms with Crippen LogP contribution in [-0.4, -0.2) is 11.6 Å². The van der Waals surface area contributed by atoms with E-state index in [-0.39, 0.29) is 0 Å². The summed E-state index contributed by atoms with van der Waals surface area (Å²) in [7, 11) is 1.98. The molecule has 86 valence electrons. The minimum Gasteiger partial charge on any atom is -0.346 e. The highest BCUT2D eigenvalue weighted by atomic mass is 35.5. The average molecular weight is 237 g/mol. The number of nitrogens with zero attached hydrogens (tertiary/aromatic N) is 1. The van der Waals surface area contributed by atoms with Crippen molar-refractivity contribution in [1.29, 1.82) is 0 Å². The number of rotatable bonds is 3. The van der Waals surface area contributed by atoms with Gasteiger partial charge in [-0.3, -0.25) is 0 Å². The fourth-order valence-electron chi connectivity index (χ4n) is 2.09. The van der Waals surface area contributed by atoms with Crippen LogP contribution in [0.3, 0.4) is 0 Å². The summed E-state index contributed by atoms with van der Waals surface area (Å²) in [6, 6.07) is 6.44. The molecule has 16 heavy (non-hydrogen) atoms. The molecule has 0 aliphatic rings. The molecule has 2 aromatic rings. The maximum Gasteiger partial charge on any atom is 0.0673 e. The molecule has 0 aliphatic heterocycles. The minimum absolute atomic E-state index is 0.341. The first-order chi connectivity index (χ1) is 7.69. The summed E-state index contributed by atoms with van der Waals surface area (Å²) in [6.07, 6.45) is 2.19. The van der Waals surface area contributed by atoms with Gasteiger partial charge >= 0.3 is 0 Å². The van der Waals surface area contributed by atoms with Crippen molar-refractivity contribution in [3.8, 4) is 0 Å². The van der Waals surface area contributed by atoms with E-state index in [4.69, 9.17) is 11.6 Å². The van der Waals surface area contributed by atoms with Gasteiger partial charge in [0.25, 0.3) is 0 Å². The molecule has 0 aliphatic carbocycles. The number of aryl methyl sites for hydroxylation is 1. The molecular formula is C13H17ClN2. The monoisotopic (exact) mass is 236 g/mol. The van der Waals surface area contributed by atoms with E-state index in [0.29, 0.717) is 6.04 Å². The van der Waals surface area contributed by atoms with Crippen molar-refractivity contribution in [3.63, 3.8) is 0 Å². The van der Waals surface area contributed by atoms with Crippen LogP contribution in [0.2, 0.25) is 5.02 Å². The number of para-hydroxylation sites is 1. The maximum absolute atomic E-state index is 6.26. The predicted molar refractivity (Wildman–Crippen MR) is 70.1 cm³/mol. The Hall–Kier alpha value is -0.990. The van der Waals surface area contributed by atoms with Crippen molar-refractivity contribution in [2.45, 2.75) is 26.4 Å². The zero-order valence-corrected chi connectivity index (χ0v) is 10.7. The van der Waals surface area contributed by atoms with Gasteiger partial charge in [-0.05, 0) is 32.5 Å². The van der Waals surface area contributed by atoms with Crippen molar-refractivity contribution < 1.29 is 0 Å². The van der Waals surface area contributed by atoms with Crippen LogP contribution in [0.1, 0.15) is 25.5 Å². The molecule has 0 saturated carbocycles. The zero-order valence-electron chi connectivity index (χ0n) is 9.92. The van der Waals surface area contributed by atoms with Crippen molar-refractivity contribution in [1.82, 2.24) is 9.88 Å². The Labute approximate surface area is 101 Å². The number of benzene rings is 1. The van der Waals surface area contributed by atoms with Crippen molar-refractivity contribution in [2.24, 2.45) is 0 Å². The van der Waals surface area contributed by atoms with Gasteiger partial charge in [-0.15, -0.1) is 0 Å². The largest absolute Gasteiger partial charge is 0.346 e. The Morgan fingerprint density at radius 2 is 2.19 bits per heavy atom. The third-order valence-electron chi connectivity index (χ3n) is 3.12. The smallest absolute Gasteiger partial charge is 0.0673 e. The summed E-state index contributed by atoms with van der Waals surface area (Å²) >= 11 is 6.26. The Morgan fingerprint density at radius 1 is 1.44 bits per heavy atom. The number of aromatic nitrogens is 1. The predicted octanol–water partition coefficient (Wildman–Crippen LogP) is 3.60. The Kier molecular flexibility index (Phi) is 3.22. The topological polar surface area (TPSA) is 17.0 Å². The molecule has 0 saturated heterocycles. The first-order valence-electron chi connectivity index (χ1n) is 5.63. The lowest BCUT2D eigenvalue weighted by atomic mass is 10.1. The van der Waals surface area contributed by atoms with Crippen molar-refractivity contribution in [2.75, 3.05) is 7.05 Å². The average Bonchev–Trinajstić information content (AvgIpc) is 2.68. The highest BCUT2D eigenvalue weighted by Crippen LogP contribution is 2.31. The highest BCUT2D eigenvalue weighted by Gasteiger charge is 2.13. The number of hydrogen-bond acceptors (Lipinski definition) is 1. The van der Waals surface area contributed by atoms with Crippen LogP contribution in [0.25, 0.3) is 10.9 Å². The molecule has 0 amide bonds. The molecular weight excluding hydrogens is 220 g/mol. The van der Waals surface area contributed by atoms with Gasteiger partial charge in [-0.25, -0.2) is 0 Å². The van der Waals surface area contributed by atoms with Crippen LogP contribution < -0.4 is 5.32 Å². The molecule has 1 heterocycles. The van der Waals surface area contributed by atoms with Crippen LogP contribution in [0.5, 0.6) is 0 Å². The lowest BCUT2D eigenvalue weighted by Gasteiger charge is -2.08. The summed E-state index contributed by atoms with van der Waals surface area (Å²) in [6.45, 7) is 5.24. The minimum atomic E-state index is 0.341. The van der Waals surface area contributed by atoms with E-state index >= 15 is 0 Å². The molecule has 0 spiro atoms.